The fourth-order valence-electron chi connectivity index (χ4n) is 7.15. The minimum Gasteiger partial charge on any atom is -0.336 e. The number of hydrogen-bond donors (Lipinski definition) is 0. The molecule has 0 N–H and O–H groups in total. The van der Waals surface area contributed by atoms with Gasteiger partial charge in [0.2, 0.25) is 5.91 Å². The van der Waals surface area contributed by atoms with E-state index in [-0.39, 0.29) is 16.9 Å². The number of fused-ring (bicyclic) bond motifs is 1. The van der Waals surface area contributed by atoms with Crippen molar-refractivity contribution in [3.05, 3.63) is 0 Å². The van der Waals surface area contributed by atoms with Gasteiger partial charge in [0.1, 0.15) is 5.78 Å². The van der Waals surface area contributed by atoms with Crippen LogP contribution < -0.4 is 0 Å². The van der Waals surface area contributed by atoms with Crippen LogP contribution in [-0.4, -0.2) is 28.7 Å². The van der Waals surface area contributed by atoms with Crippen molar-refractivity contribution in [2.45, 2.75) is 84.1 Å². The summed E-state index contributed by atoms with van der Waals surface area (Å²) in [6.07, 6.45) is 9.65. The fourth-order valence-corrected chi connectivity index (χ4v) is 7.15. The van der Waals surface area contributed by atoms with Crippen LogP contribution in [0.25, 0.3) is 0 Å². The molecule has 3 aliphatic carbocycles. The van der Waals surface area contributed by atoms with Crippen molar-refractivity contribution in [3.8, 4) is 0 Å². The Balaban J connectivity index is 1.65. The summed E-state index contributed by atoms with van der Waals surface area (Å²) in [7, 11) is 0. The second-order valence-electron chi connectivity index (χ2n) is 9.79. The standard InChI is InChI=1S/C21H33NO2/c1-4-5-6-7-10-22-17(24)11-14-8-9-15-18(14)21(22)13-20(2,3)12-16(23)19(15)21/h14-15,18-19H,4-13H2,1-3H3/t14?,15-,18+,19-,21+/m0/s1. The molecule has 4 aliphatic rings. The van der Waals surface area contributed by atoms with Gasteiger partial charge in [-0.15, -0.1) is 0 Å². The third kappa shape index (κ3) is 2.15. The predicted molar refractivity (Wildman–Crippen MR) is 94.4 cm³/mol. The highest BCUT2D eigenvalue weighted by molar-refractivity contribution is 5.89. The second-order valence-corrected chi connectivity index (χ2v) is 9.79. The number of amides is 1. The number of carbonyl (C=O) groups excluding carboxylic acids is 2. The van der Waals surface area contributed by atoms with Gasteiger partial charge in [-0.3, -0.25) is 9.59 Å². The Morgan fingerprint density at radius 1 is 1.12 bits per heavy atom. The number of carbonyl (C=O) groups is 2. The number of nitrogens with zero attached hydrogens (tertiary/aromatic N) is 1. The molecule has 5 atom stereocenters. The summed E-state index contributed by atoms with van der Waals surface area (Å²) >= 11 is 0. The molecule has 134 valence electrons. The summed E-state index contributed by atoms with van der Waals surface area (Å²) in [5.41, 5.74) is -0.0583. The zero-order valence-electron chi connectivity index (χ0n) is 15.6. The molecule has 1 heterocycles. The van der Waals surface area contributed by atoms with Crippen molar-refractivity contribution in [1.29, 1.82) is 0 Å². The summed E-state index contributed by atoms with van der Waals surface area (Å²) < 4.78 is 0. The van der Waals surface area contributed by atoms with Crippen molar-refractivity contribution in [1.82, 2.24) is 4.90 Å². The quantitative estimate of drug-likeness (QED) is 0.708. The van der Waals surface area contributed by atoms with Crippen molar-refractivity contribution < 1.29 is 9.59 Å². The summed E-state index contributed by atoms with van der Waals surface area (Å²) in [5, 5.41) is 0. The Kier molecular flexibility index (Phi) is 3.85. The molecule has 0 aromatic carbocycles. The molecule has 1 amide bonds. The van der Waals surface area contributed by atoms with Crippen LogP contribution in [0.5, 0.6) is 0 Å². The van der Waals surface area contributed by atoms with E-state index in [1.54, 1.807) is 0 Å². The van der Waals surface area contributed by atoms with E-state index in [4.69, 9.17) is 0 Å². The number of piperidine rings is 1. The molecular weight excluding hydrogens is 298 g/mol. The highest BCUT2D eigenvalue weighted by atomic mass is 16.2. The zero-order valence-corrected chi connectivity index (χ0v) is 15.6. The molecule has 24 heavy (non-hydrogen) atoms. The van der Waals surface area contributed by atoms with Gasteiger partial charge in [0.25, 0.3) is 0 Å². The molecule has 0 aromatic heterocycles. The Bertz CT molecular complexity index is 554. The molecule has 3 heteroatoms. The summed E-state index contributed by atoms with van der Waals surface area (Å²) in [5.74, 6) is 2.74. The van der Waals surface area contributed by atoms with Gasteiger partial charge in [-0.05, 0) is 48.9 Å². The van der Waals surface area contributed by atoms with Crippen LogP contribution in [0.2, 0.25) is 0 Å². The average molecular weight is 332 g/mol. The van der Waals surface area contributed by atoms with Gasteiger partial charge >= 0.3 is 0 Å². The molecule has 4 rings (SSSR count). The lowest BCUT2D eigenvalue weighted by molar-refractivity contribution is -0.213. The van der Waals surface area contributed by atoms with E-state index in [9.17, 15) is 9.59 Å². The van der Waals surface area contributed by atoms with Gasteiger partial charge in [-0.2, -0.15) is 0 Å². The van der Waals surface area contributed by atoms with Gasteiger partial charge in [0.05, 0.1) is 5.54 Å². The maximum absolute atomic E-state index is 13.0. The van der Waals surface area contributed by atoms with Gasteiger partial charge < -0.3 is 4.90 Å². The van der Waals surface area contributed by atoms with Crippen LogP contribution >= 0.6 is 0 Å². The third-order valence-corrected chi connectivity index (χ3v) is 7.62. The number of ketones is 1. The van der Waals surface area contributed by atoms with Gasteiger partial charge in [-0.1, -0.05) is 40.0 Å². The maximum Gasteiger partial charge on any atom is 0.223 e. The first-order valence-electron chi connectivity index (χ1n) is 10.2. The third-order valence-electron chi connectivity index (χ3n) is 7.62. The van der Waals surface area contributed by atoms with E-state index in [1.807, 2.05) is 0 Å². The number of hydrogen-bond acceptors (Lipinski definition) is 2. The smallest absolute Gasteiger partial charge is 0.223 e. The van der Waals surface area contributed by atoms with Crippen molar-refractivity contribution >= 4 is 11.7 Å². The van der Waals surface area contributed by atoms with Crippen LogP contribution in [0.3, 0.4) is 0 Å². The Morgan fingerprint density at radius 3 is 2.67 bits per heavy atom. The van der Waals surface area contributed by atoms with Crippen molar-refractivity contribution in [2.24, 2.45) is 29.1 Å². The van der Waals surface area contributed by atoms with E-state index in [2.05, 4.69) is 25.7 Å². The normalized spacial score (nSPS) is 42.5. The zero-order chi connectivity index (χ0) is 17.1. The predicted octanol–water partition coefficient (Wildman–Crippen LogP) is 4.20. The second kappa shape index (κ2) is 5.57. The molecule has 0 bridgehead atoms. The van der Waals surface area contributed by atoms with Crippen molar-refractivity contribution in [2.75, 3.05) is 6.54 Å². The minimum absolute atomic E-state index is 0.0466. The summed E-state index contributed by atoms with van der Waals surface area (Å²) in [6, 6.07) is 0. The molecule has 0 radical (unpaired) electrons. The lowest BCUT2D eigenvalue weighted by Gasteiger charge is -2.70. The molecule has 0 aromatic rings. The minimum atomic E-state index is -0.105. The molecule has 4 fully saturated rings. The number of likely N-dealkylation sites (tertiary alicyclic amines) is 1. The van der Waals surface area contributed by atoms with Gasteiger partial charge in [0, 0.05) is 25.3 Å². The highest BCUT2D eigenvalue weighted by Gasteiger charge is 2.75. The summed E-state index contributed by atoms with van der Waals surface area (Å²) in [6.45, 7) is 7.58. The molecule has 1 saturated heterocycles. The largest absolute Gasteiger partial charge is 0.336 e. The van der Waals surface area contributed by atoms with E-state index in [0.717, 1.165) is 25.8 Å². The topological polar surface area (TPSA) is 37.4 Å². The summed E-state index contributed by atoms with van der Waals surface area (Å²) in [4.78, 5) is 28.2. The van der Waals surface area contributed by atoms with Crippen LogP contribution in [0, 0.1) is 29.1 Å². The van der Waals surface area contributed by atoms with Crippen LogP contribution in [-0.2, 0) is 9.59 Å². The number of unbranched alkanes of at least 4 members (excludes halogenated alkanes) is 3. The van der Waals surface area contributed by atoms with Crippen LogP contribution in [0.1, 0.15) is 78.6 Å². The first kappa shape index (κ1) is 16.6. The van der Waals surface area contributed by atoms with Gasteiger partial charge in [-0.25, -0.2) is 0 Å². The van der Waals surface area contributed by atoms with Crippen LogP contribution in [0.4, 0.5) is 0 Å². The average Bonchev–Trinajstić information content (AvgIpc) is 2.84. The highest BCUT2D eigenvalue weighted by Crippen LogP contribution is 2.70. The monoisotopic (exact) mass is 331 g/mol. The van der Waals surface area contributed by atoms with Crippen molar-refractivity contribution in [3.63, 3.8) is 0 Å². The molecular formula is C21H33NO2. The molecule has 1 unspecified atom stereocenters. The first-order chi connectivity index (χ1) is 11.4. The molecule has 1 spiro atoms. The first-order valence-corrected chi connectivity index (χ1v) is 10.2. The van der Waals surface area contributed by atoms with Crippen LogP contribution in [0.15, 0.2) is 0 Å². The van der Waals surface area contributed by atoms with E-state index in [1.165, 1.54) is 32.1 Å². The van der Waals surface area contributed by atoms with Gasteiger partial charge in [0.15, 0.2) is 0 Å². The van der Waals surface area contributed by atoms with E-state index < -0.39 is 0 Å². The lowest BCUT2D eigenvalue weighted by Crippen LogP contribution is -2.78. The number of Topliss-reactive ketones (excluding diaryl/α,β-unsaturated/α-hetero) is 1. The Labute approximate surface area is 146 Å². The Hall–Kier alpha value is -0.860. The molecule has 1 aliphatic heterocycles. The maximum atomic E-state index is 13.0. The van der Waals surface area contributed by atoms with E-state index >= 15 is 0 Å². The van der Waals surface area contributed by atoms with E-state index in [0.29, 0.717) is 35.9 Å². The molecule has 3 nitrogen and oxygen atoms in total. The molecule has 3 saturated carbocycles. The lowest BCUT2D eigenvalue weighted by atomic mass is 9.41. The Morgan fingerprint density at radius 2 is 1.92 bits per heavy atom. The fraction of sp³-hybridized carbons (Fsp3) is 0.905. The SMILES string of the molecule is CCCCCCN1C(=O)CC2CC[C@@H]3[C@H]4C(=O)CC(C)(C)C[C@@]41[C@H]23. The number of rotatable bonds is 5.